The van der Waals surface area contributed by atoms with Crippen LogP contribution in [-0.4, -0.2) is 11.6 Å². The Hall–Kier alpha value is -1.39. The largest absolute Gasteiger partial charge is 0.493 e. The lowest BCUT2D eigenvalue weighted by Gasteiger charge is -2.16. The zero-order valence-electron chi connectivity index (χ0n) is 13.5. The standard InChI is InChI=1S/C17H24N2OS/c1-11-7-6-8-14(12(11)2)20-10-9-15-19-13(3)16(21-15)17(4,5)18/h6-8H,9-10,18H2,1-5H3. The summed E-state index contributed by atoms with van der Waals surface area (Å²) in [5, 5.41) is 1.09. The van der Waals surface area contributed by atoms with E-state index in [1.165, 1.54) is 11.1 Å². The monoisotopic (exact) mass is 304 g/mol. The molecule has 1 aromatic heterocycles. The van der Waals surface area contributed by atoms with Gasteiger partial charge in [-0.2, -0.15) is 0 Å². The minimum atomic E-state index is -0.325. The molecule has 0 fully saturated rings. The highest BCUT2D eigenvalue weighted by Crippen LogP contribution is 2.28. The van der Waals surface area contributed by atoms with Crippen LogP contribution in [0.1, 0.15) is 40.6 Å². The van der Waals surface area contributed by atoms with E-state index < -0.39 is 0 Å². The van der Waals surface area contributed by atoms with Gasteiger partial charge in [-0.1, -0.05) is 12.1 Å². The van der Waals surface area contributed by atoms with Gasteiger partial charge in [0.2, 0.25) is 0 Å². The van der Waals surface area contributed by atoms with E-state index in [4.69, 9.17) is 10.5 Å². The number of rotatable bonds is 5. The number of hydrogen-bond donors (Lipinski definition) is 1. The van der Waals surface area contributed by atoms with Gasteiger partial charge in [-0.3, -0.25) is 0 Å². The smallest absolute Gasteiger partial charge is 0.122 e. The predicted octanol–water partition coefficient (Wildman–Crippen LogP) is 3.88. The molecule has 2 rings (SSSR count). The van der Waals surface area contributed by atoms with Gasteiger partial charge in [0.05, 0.1) is 17.3 Å². The lowest BCUT2D eigenvalue weighted by atomic mass is 10.0. The summed E-state index contributed by atoms with van der Waals surface area (Å²) in [7, 11) is 0. The van der Waals surface area contributed by atoms with Crippen molar-refractivity contribution in [1.82, 2.24) is 4.98 Å². The molecule has 0 radical (unpaired) electrons. The van der Waals surface area contributed by atoms with E-state index in [9.17, 15) is 0 Å². The molecule has 0 aliphatic heterocycles. The summed E-state index contributed by atoms with van der Waals surface area (Å²) in [4.78, 5) is 5.76. The third-order valence-electron chi connectivity index (χ3n) is 3.55. The van der Waals surface area contributed by atoms with Crippen molar-refractivity contribution in [3.63, 3.8) is 0 Å². The second kappa shape index (κ2) is 6.16. The average molecular weight is 304 g/mol. The Morgan fingerprint density at radius 1 is 1.24 bits per heavy atom. The van der Waals surface area contributed by atoms with E-state index in [1.54, 1.807) is 11.3 Å². The maximum atomic E-state index is 6.17. The third-order valence-corrected chi connectivity index (χ3v) is 5.11. The highest BCUT2D eigenvalue weighted by atomic mass is 32.1. The number of nitrogens with two attached hydrogens (primary N) is 1. The highest BCUT2D eigenvalue weighted by molar-refractivity contribution is 7.11. The molecule has 114 valence electrons. The molecule has 0 spiro atoms. The first-order valence-electron chi connectivity index (χ1n) is 7.23. The molecular weight excluding hydrogens is 280 g/mol. The average Bonchev–Trinajstić information content (AvgIpc) is 2.76. The van der Waals surface area contributed by atoms with E-state index in [1.807, 2.05) is 32.9 Å². The molecule has 0 atom stereocenters. The van der Waals surface area contributed by atoms with Crippen molar-refractivity contribution in [2.24, 2.45) is 5.73 Å². The van der Waals surface area contributed by atoms with E-state index in [0.29, 0.717) is 6.61 Å². The van der Waals surface area contributed by atoms with Crippen LogP contribution in [0.25, 0.3) is 0 Å². The van der Waals surface area contributed by atoms with Crippen LogP contribution in [0.4, 0.5) is 0 Å². The molecule has 21 heavy (non-hydrogen) atoms. The molecule has 0 bridgehead atoms. The fourth-order valence-electron chi connectivity index (χ4n) is 2.29. The molecular formula is C17H24N2OS. The van der Waals surface area contributed by atoms with Crippen molar-refractivity contribution in [3.8, 4) is 5.75 Å². The molecule has 0 unspecified atom stereocenters. The van der Waals surface area contributed by atoms with Crippen LogP contribution in [0, 0.1) is 20.8 Å². The molecule has 0 saturated carbocycles. The number of thiazole rings is 1. The van der Waals surface area contributed by atoms with Gasteiger partial charge in [-0.15, -0.1) is 11.3 Å². The molecule has 4 heteroatoms. The molecule has 0 amide bonds. The number of nitrogens with zero attached hydrogens (tertiary/aromatic N) is 1. The van der Waals surface area contributed by atoms with Gasteiger partial charge in [0.15, 0.2) is 0 Å². The Morgan fingerprint density at radius 2 is 1.95 bits per heavy atom. The van der Waals surface area contributed by atoms with E-state index in [0.717, 1.165) is 27.7 Å². The van der Waals surface area contributed by atoms with E-state index in [2.05, 4.69) is 24.9 Å². The van der Waals surface area contributed by atoms with Crippen molar-refractivity contribution in [2.75, 3.05) is 6.61 Å². The summed E-state index contributed by atoms with van der Waals surface area (Å²) in [6.45, 7) is 10.9. The Kier molecular flexibility index (Phi) is 4.69. The highest BCUT2D eigenvalue weighted by Gasteiger charge is 2.21. The molecule has 2 aromatic rings. The Balaban J connectivity index is 2.00. The number of hydrogen-bond acceptors (Lipinski definition) is 4. The quantitative estimate of drug-likeness (QED) is 0.912. The zero-order valence-corrected chi connectivity index (χ0v) is 14.3. The number of benzene rings is 1. The molecule has 0 aliphatic rings. The Labute approximate surface area is 131 Å². The Morgan fingerprint density at radius 3 is 2.57 bits per heavy atom. The van der Waals surface area contributed by atoms with Gasteiger partial charge in [-0.25, -0.2) is 4.98 Å². The summed E-state index contributed by atoms with van der Waals surface area (Å²) in [6.07, 6.45) is 0.814. The maximum Gasteiger partial charge on any atom is 0.122 e. The van der Waals surface area contributed by atoms with Gasteiger partial charge in [0, 0.05) is 16.8 Å². The molecule has 2 N–H and O–H groups in total. The summed E-state index contributed by atoms with van der Waals surface area (Å²) < 4.78 is 5.89. The second-order valence-corrected chi connectivity index (χ2v) is 7.12. The fourth-order valence-corrected chi connectivity index (χ4v) is 3.35. The molecule has 0 aliphatic carbocycles. The predicted molar refractivity (Wildman–Crippen MR) is 89.2 cm³/mol. The van der Waals surface area contributed by atoms with E-state index in [-0.39, 0.29) is 5.54 Å². The first-order chi connectivity index (χ1) is 9.79. The number of aromatic nitrogens is 1. The topological polar surface area (TPSA) is 48.1 Å². The number of aryl methyl sites for hydroxylation is 2. The SMILES string of the molecule is Cc1cccc(OCCc2nc(C)c(C(C)(C)N)s2)c1C. The van der Waals surface area contributed by atoms with Crippen LogP contribution >= 0.6 is 11.3 Å². The van der Waals surface area contributed by atoms with Gasteiger partial charge < -0.3 is 10.5 Å². The lowest BCUT2D eigenvalue weighted by molar-refractivity contribution is 0.319. The molecule has 1 aromatic carbocycles. The summed E-state index contributed by atoms with van der Waals surface area (Å²) in [6, 6.07) is 6.14. The third kappa shape index (κ3) is 3.83. The summed E-state index contributed by atoms with van der Waals surface area (Å²) in [5.41, 5.74) is 9.34. The van der Waals surface area contributed by atoms with Gasteiger partial charge in [0.25, 0.3) is 0 Å². The normalized spacial score (nSPS) is 11.7. The zero-order chi connectivity index (χ0) is 15.6. The summed E-state index contributed by atoms with van der Waals surface area (Å²) >= 11 is 1.69. The molecule has 0 saturated heterocycles. The van der Waals surface area contributed by atoms with Crippen molar-refractivity contribution < 1.29 is 4.74 Å². The van der Waals surface area contributed by atoms with Gasteiger partial charge in [0.1, 0.15) is 5.75 Å². The van der Waals surface area contributed by atoms with Crippen molar-refractivity contribution in [3.05, 3.63) is 44.9 Å². The lowest BCUT2D eigenvalue weighted by Crippen LogP contribution is -2.28. The minimum Gasteiger partial charge on any atom is -0.493 e. The first kappa shape index (κ1) is 16.0. The van der Waals surface area contributed by atoms with Crippen molar-refractivity contribution >= 4 is 11.3 Å². The van der Waals surface area contributed by atoms with Crippen molar-refractivity contribution in [1.29, 1.82) is 0 Å². The summed E-state index contributed by atoms with van der Waals surface area (Å²) in [5.74, 6) is 0.961. The van der Waals surface area contributed by atoms with Crippen LogP contribution in [0.2, 0.25) is 0 Å². The van der Waals surface area contributed by atoms with Crippen LogP contribution in [0.15, 0.2) is 18.2 Å². The molecule has 3 nitrogen and oxygen atoms in total. The first-order valence-corrected chi connectivity index (χ1v) is 8.05. The van der Waals surface area contributed by atoms with Gasteiger partial charge >= 0.3 is 0 Å². The van der Waals surface area contributed by atoms with Crippen LogP contribution in [-0.2, 0) is 12.0 Å². The number of ether oxygens (including phenoxy) is 1. The van der Waals surface area contributed by atoms with Crippen molar-refractivity contribution in [2.45, 2.75) is 46.6 Å². The fraction of sp³-hybridized carbons (Fsp3) is 0.471. The van der Waals surface area contributed by atoms with Crippen LogP contribution in [0.5, 0.6) is 5.75 Å². The molecule has 1 heterocycles. The second-order valence-electron chi connectivity index (χ2n) is 6.04. The van der Waals surface area contributed by atoms with E-state index >= 15 is 0 Å². The van der Waals surface area contributed by atoms with Crippen LogP contribution < -0.4 is 10.5 Å². The van der Waals surface area contributed by atoms with Crippen LogP contribution in [0.3, 0.4) is 0 Å². The Bertz CT molecular complexity index is 626. The minimum absolute atomic E-state index is 0.325. The van der Waals surface area contributed by atoms with Gasteiger partial charge in [-0.05, 0) is 51.8 Å². The maximum absolute atomic E-state index is 6.17.